The van der Waals surface area contributed by atoms with Crippen LogP contribution in [0.3, 0.4) is 0 Å². The topological polar surface area (TPSA) is 0 Å². The molecule has 0 N–H and O–H groups in total. The second kappa shape index (κ2) is 6.90. The molecule has 0 nitrogen and oxygen atoms in total. The van der Waals surface area contributed by atoms with E-state index in [1.165, 1.54) is 58.8 Å². The molecule has 4 aromatic carbocycles. The molecule has 1 spiro atoms. The molecule has 0 bridgehead atoms. The lowest BCUT2D eigenvalue weighted by atomic mass is 9.70. The van der Waals surface area contributed by atoms with E-state index in [0.717, 1.165) is 0 Å². The summed E-state index contributed by atoms with van der Waals surface area (Å²) in [6.45, 7) is 0. The first-order chi connectivity index (χ1) is 14.1. The van der Waals surface area contributed by atoms with Gasteiger partial charge in [-0.2, -0.15) is 0 Å². The summed E-state index contributed by atoms with van der Waals surface area (Å²) in [5, 5.41) is 0. The highest BCUT2D eigenvalue weighted by Gasteiger charge is 2.53. The fraction of sp³-hybridized carbons (Fsp3) is 0.0400. The lowest BCUT2D eigenvalue weighted by molar-refractivity contribution is 0.787. The van der Waals surface area contributed by atoms with Gasteiger partial charge in [-0.15, -0.1) is 0 Å². The normalized spacial score (nSPS) is 14.5. The Morgan fingerprint density at radius 2 is 0.862 bits per heavy atom. The van der Waals surface area contributed by atoms with E-state index in [1.807, 2.05) is 0 Å². The molecule has 0 atom stereocenters. The van der Waals surface area contributed by atoms with Crippen molar-refractivity contribution in [1.29, 1.82) is 0 Å². The molecule has 0 fully saturated rings. The zero-order valence-electron chi connectivity index (χ0n) is 14.9. The maximum Gasteiger partial charge on any atom is 0.0736 e. The summed E-state index contributed by atoms with van der Waals surface area (Å²) >= 11 is 10.2. The number of halogens is 4. The SMILES string of the molecule is Ic1c(I)c(I)c2c(c1I)-c1ccccc1C21c2ccccc2-c2ccccc21. The first kappa shape index (κ1) is 19.5. The maximum absolute atomic E-state index is 2.59. The highest BCUT2D eigenvalue weighted by Crippen LogP contribution is 2.64. The molecule has 2 aliphatic carbocycles. The third-order valence-electron chi connectivity index (χ3n) is 6.19. The average molecular weight is 820 g/mol. The maximum atomic E-state index is 2.59. The lowest BCUT2D eigenvalue weighted by Crippen LogP contribution is -2.27. The van der Waals surface area contributed by atoms with Crippen molar-refractivity contribution in [2.45, 2.75) is 5.41 Å². The molecule has 0 amide bonds. The van der Waals surface area contributed by atoms with Crippen molar-refractivity contribution in [3.63, 3.8) is 0 Å². The molecule has 2 aliphatic rings. The Morgan fingerprint density at radius 1 is 0.448 bits per heavy atom. The fourth-order valence-corrected chi connectivity index (χ4v) is 9.08. The monoisotopic (exact) mass is 820 g/mol. The van der Waals surface area contributed by atoms with E-state index < -0.39 is 0 Å². The summed E-state index contributed by atoms with van der Waals surface area (Å²) in [7, 11) is 0. The van der Waals surface area contributed by atoms with E-state index in [1.54, 1.807) is 0 Å². The van der Waals surface area contributed by atoms with Gasteiger partial charge in [-0.3, -0.25) is 0 Å². The molecule has 0 heterocycles. The summed E-state index contributed by atoms with van der Waals surface area (Å²) in [6.07, 6.45) is 0. The molecule has 0 saturated heterocycles. The molecule has 0 radical (unpaired) electrons. The van der Waals surface area contributed by atoms with E-state index in [-0.39, 0.29) is 5.41 Å². The van der Waals surface area contributed by atoms with Crippen LogP contribution in [0, 0.1) is 14.3 Å². The summed E-state index contributed by atoms with van der Waals surface area (Å²) in [4.78, 5) is 0. The molecule has 0 saturated carbocycles. The minimum Gasteiger partial charge on any atom is -0.0619 e. The Morgan fingerprint density at radius 3 is 1.41 bits per heavy atom. The van der Waals surface area contributed by atoms with Crippen LogP contribution >= 0.6 is 90.4 Å². The number of fused-ring (bicyclic) bond motifs is 10. The molecule has 4 heteroatoms. The van der Waals surface area contributed by atoms with Crippen LogP contribution in [0.15, 0.2) is 72.8 Å². The predicted molar refractivity (Wildman–Crippen MR) is 154 cm³/mol. The summed E-state index contributed by atoms with van der Waals surface area (Å²) < 4.78 is 5.47. The second-order valence-electron chi connectivity index (χ2n) is 7.39. The largest absolute Gasteiger partial charge is 0.0736 e. The molecule has 140 valence electrons. The molecule has 0 aromatic heterocycles. The van der Waals surface area contributed by atoms with Crippen LogP contribution < -0.4 is 0 Å². The van der Waals surface area contributed by atoms with Crippen LogP contribution in [0.25, 0.3) is 22.3 Å². The predicted octanol–water partition coefficient (Wildman–Crippen LogP) is 8.45. The van der Waals surface area contributed by atoms with Crippen LogP contribution in [0.4, 0.5) is 0 Å². The first-order valence-corrected chi connectivity index (χ1v) is 13.6. The van der Waals surface area contributed by atoms with Gasteiger partial charge in [0.05, 0.1) is 5.41 Å². The third-order valence-corrected chi connectivity index (χ3v) is 13.6. The minimum absolute atomic E-state index is 0.236. The molecule has 0 aliphatic heterocycles. The van der Waals surface area contributed by atoms with Gasteiger partial charge in [0.25, 0.3) is 0 Å². The minimum atomic E-state index is -0.236. The lowest BCUT2D eigenvalue weighted by Gasteiger charge is -2.31. The average Bonchev–Trinajstić information content (AvgIpc) is 3.24. The quantitative estimate of drug-likeness (QED) is 0.0821. The van der Waals surface area contributed by atoms with Crippen LogP contribution in [0.5, 0.6) is 0 Å². The van der Waals surface area contributed by atoms with Crippen LogP contribution in [-0.2, 0) is 5.41 Å². The van der Waals surface area contributed by atoms with Crippen molar-refractivity contribution in [3.8, 4) is 22.3 Å². The van der Waals surface area contributed by atoms with Gasteiger partial charge in [-0.1, -0.05) is 72.8 Å². The van der Waals surface area contributed by atoms with Crippen molar-refractivity contribution in [1.82, 2.24) is 0 Å². The molecule has 6 rings (SSSR count). The van der Waals surface area contributed by atoms with Crippen molar-refractivity contribution in [2.24, 2.45) is 0 Å². The Hall–Kier alpha value is -0.200. The van der Waals surface area contributed by atoms with Gasteiger partial charge in [0.2, 0.25) is 0 Å². The van der Waals surface area contributed by atoms with Gasteiger partial charge in [-0.05, 0) is 129 Å². The summed E-state index contributed by atoms with van der Waals surface area (Å²) in [5.74, 6) is 0. The van der Waals surface area contributed by atoms with Crippen molar-refractivity contribution < 1.29 is 0 Å². The Bertz CT molecular complexity index is 1310. The van der Waals surface area contributed by atoms with E-state index in [0.29, 0.717) is 0 Å². The zero-order valence-corrected chi connectivity index (χ0v) is 23.6. The van der Waals surface area contributed by atoms with Gasteiger partial charge in [0, 0.05) is 19.8 Å². The fourth-order valence-electron chi connectivity index (χ4n) is 5.19. The van der Waals surface area contributed by atoms with Gasteiger partial charge < -0.3 is 0 Å². The molecular weight excluding hydrogens is 808 g/mol. The first-order valence-electron chi connectivity index (χ1n) is 9.24. The van der Waals surface area contributed by atoms with Gasteiger partial charge in [0.1, 0.15) is 0 Å². The summed E-state index contributed by atoms with van der Waals surface area (Å²) in [6, 6.07) is 27.0. The van der Waals surface area contributed by atoms with Crippen LogP contribution in [-0.4, -0.2) is 0 Å². The molecule has 0 unspecified atom stereocenters. The van der Waals surface area contributed by atoms with Crippen LogP contribution in [0.1, 0.15) is 22.3 Å². The van der Waals surface area contributed by atoms with E-state index in [9.17, 15) is 0 Å². The van der Waals surface area contributed by atoms with Crippen molar-refractivity contribution in [3.05, 3.63) is 109 Å². The van der Waals surface area contributed by atoms with E-state index in [4.69, 9.17) is 0 Å². The third kappa shape index (κ3) is 2.35. The highest BCUT2D eigenvalue weighted by atomic mass is 127. The van der Waals surface area contributed by atoms with Crippen molar-refractivity contribution in [2.75, 3.05) is 0 Å². The number of benzene rings is 4. The molecule has 29 heavy (non-hydrogen) atoms. The highest BCUT2D eigenvalue weighted by molar-refractivity contribution is 14.1. The Balaban J connectivity index is 1.92. The standard InChI is InChI=1S/C25H12I4/c26-21-19-15-9-3-6-12-18(15)25(20(19)22(27)24(29)23(21)28)16-10-4-1-7-13(16)14-8-2-5-11-17(14)25/h1-12H. The number of rotatable bonds is 0. The zero-order chi connectivity index (χ0) is 19.9. The number of hydrogen-bond donors (Lipinski definition) is 0. The Labute approximate surface area is 224 Å². The number of hydrogen-bond acceptors (Lipinski definition) is 0. The summed E-state index contributed by atoms with van der Waals surface area (Å²) in [5.41, 5.74) is 11.0. The molecule has 4 aromatic rings. The van der Waals surface area contributed by atoms with Gasteiger partial charge in [0.15, 0.2) is 0 Å². The smallest absolute Gasteiger partial charge is 0.0619 e. The second-order valence-corrected chi connectivity index (χ2v) is 11.7. The Kier molecular flexibility index (Phi) is 4.63. The van der Waals surface area contributed by atoms with Gasteiger partial charge >= 0.3 is 0 Å². The van der Waals surface area contributed by atoms with Gasteiger partial charge in [-0.25, -0.2) is 0 Å². The van der Waals surface area contributed by atoms with E-state index >= 15 is 0 Å². The van der Waals surface area contributed by atoms with Crippen LogP contribution in [0.2, 0.25) is 0 Å². The molecular formula is C25H12I4. The van der Waals surface area contributed by atoms with Crippen molar-refractivity contribution >= 4 is 90.4 Å². The van der Waals surface area contributed by atoms with E-state index in [2.05, 4.69) is 163 Å².